The number of nitrogens with zero attached hydrogens (tertiary/aromatic N) is 3. The number of hydrogen-bond acceptors (Lipinski definition) is 6. The molecule has 3 aromatic carbocycles. The van der Waals surface area contributed by atoms with Gasteiger partial charge >= 0.3 is 0 Å². The zero-order chi connectivity index (χ0) is 24.5. The predicted molar refractivity (Wildman–Crippen MR) is 138 cm³/mol. The minimum absolute atomic E-state index is 0.0128. The van der Waals surface area contributed by atoms with Crippen molar-refractivity contribution in [1.29, 1.82) is 0 Å². The zero-order valence-electron chi connectivity index (χ0n) is 19.7. The molecule has 1 aliphatic heterocycles. The number of anilines is 1. The quantitative estimate of drug-likeness (QED) is 0.295. The van der Waals surface area contributed by atoms with Gasteiger partial charge in [0.1, 0.15) is 0 Å². The molecule has 0 fully saturated rings. The van der Waals surface area contributed by atoms with Gasteiger partial charge in [0.05, 0.1) is 36.1 Å². The van der Waals surface area contributed by atoms with Crippen molar-refractivity contribution in [2.75, 3.05) is 25.7 Å². The third kappa shape index (κ3) is 4.14. The molecule has 2 heterocycles. The molecule has 1 aliphatic rings. The average molecular weight is 488 g/mol. The van der Waals surface area contributed by atoms with Crippen molar-refractivity contribution in [3.63, 3.8) is 0 Å². The summed E-state index contributed by atoms with van der Waals surface area (Å²) < 4.78 is 12.4. The number of methoxy groups -OCH3 is 2. The first-order valence-corrected chi connectivity index (χ1v) is 12.2. The highest BCUT2D eigenvalue weighted by atomic mass is 32.2. The number of ether oxygens (including phenoxy) is 2. The predicted octanol–water partition coefficient (Wildman–Crippen LogP) is 4.47. The smallest absolute Gasteiger partial charge is 0.266 e. The van der Waals surface area contributed by atoms with E-state index in [-0.39, 0.29) is 11.5 Å². The maximum Gasteiger partial charge on any atom is 0.266 e. The van der Waals surface area contributed by atoms with E-state index in [0.717, 1.165) is 12.1 Å². The van der Waals surface area contributed by atoms with Crippen molar-refractivity contribution in [2.24, 2.45) is 0 Å². The Hall–Kier alpha value is -3.78. The minimum Gasteiger partial charge on any atom is -0.493 e. The maximum absolute atomic E-state index is 13.6. The van der Waals surface area contributed by atoms with E-state index in [1.54, 1.807) is 38.5 Å². The SMILES string of the molecule is COc1ccc(-n2c(S[C@@H](C)C(=O)N3CCc4ccccc43)nc3ccccc3c2=O)cc1OC. The van der Waals surface area contributed by atoms with Crippen LogP contribution in [0.3, 0.4) is 0 Å². The van der Waals surface area contributed by atoms with Gasteiger partial charge in [0.15, 0.2) is 16.7 Å². The van der Waals surface area contributed by atoms with Crippen molar-refractivity contribution in [2.45, 2.75) is 23.8 Å². The largest absolute Gasteiger partial charge is 0.493 e. The number of fused-ring (bicyclic) bond motifs is 2. The van der Waals surface area contributed by atoms with E-state index < -0.39 is 5.25 Å². The second-order valence-corrected chi connectivity index (χ2v) is 9.53. The molecule has 0 N–H and O–H groups in total. The van der Waals surface area contributed by atoms with E-state index in [4.69, 9.17) is 14.5 Å². The van der Waals surface area contributed by atoms with Gasteiger partial charge in [-0.1, -0.05) is 42.1 Å². The number of carbonyl (C=O) groups excluding carboxylic acids is 1. The first-order valence-electron chi connectivity index (χ1n) is 11.3. The molecule has 5 rings (SSSR count). The van der Waals surface area contributed by atoms with Gasteiger partial charge in [0, 0.05) is 18.3 Å². The van der Waals surface area contributed by atoms with E-state index in [2.05, 4.69) is 6.07 Å². The van der Waals surface area contributed by atoms with Crippen LogP contribution in [0.4, 0.5) is 5.69 Å². The molecule has 0 unspecified atom stereocenters. The van der Waals surface area contributed by atoms with Crippen LogP contribution in [0.1, 0.15) is 12.5 Å². The lowest BCUT2D eigenvalue weighted by Gasteiger charge is -2.22. The van der Waals surface area contributed by atoms with Crippen LogP contribution in [0, 0.1) is 0 Å². The Kier molecular flexibility index (Phi) is 6.21. The Morgan fingerprint density at radius 2 is 1.74 bits per heavy atom. The van der Waals surface area contributed by atoms with E-state index in [1.165, 1.54) is 21.9 Å². The molecule has 1 amide bonds. The molecule has 4 aromatic rings. The fourth-order valence-corrected chi connectivity index (χ4v) is 5.37. The lowest BCUT2D eigenvalue weighted by atomic mass is 10.2. The molecule has 0 aliphatic carbocycles. The summed E-state index contributed by atoms with van der Waals surface area (Å²) in [6.45, 7) is 2.50. The summed E-state index contributed by atoms with van der Waals surface area (Å²) in [5, 5.41) is 0.481. The summed E-state index contributed by atoms with van der Waals surface area (Å²) in [5.41, 5.74) is 3.08. The topological polar surface area (TPSA) is 73.7 Å². The summed E-state index contributed by atoms with van der Waals surface area (Å²) >= 11 is 1.28. The number of thioether (sulfide) groups is 1. The van der Waals surface area contributed by atoms with E-state index >= 15 is 0 Å². The highest BCUT2D eigenvalue weighted by Gasteiger charge is 2.29. The van der Waals surface area contributed by atoms with Crippen molar-refractivity contribution in [3.05, 3.63) is 82.6 Å². The fraction of sp³-hybridized carbons (Fsp3) is 0.222. The van der Waals surface area contributed by atoms with Crippen LogP contribution < -0.4 is 19.9 Å². The highest BCUT2D eigenvalue weighted by molar-refractivity contribution is 8.00. The molecular weight excluding hydrogens is 462 g/mol. The van der Waals surface area contributed by atoms with Crippen LogP contribution >= 0.6 is 11.8 Å². The molecule has 8 heteroatoms. The number of amides is 1. The van der Waals surface area contributed by atoms with Gasteiger partial charge in [0.2, 0.25) is 5.91 Å². The van der Waals surface area contributed by atoms with Crippen LogP contribution in [-0.4, -0.2) is 41.5 Å². The monoisotopic (exact) mass is 487 g/mol. The lowest BCUT2D eigenvalue weighted by Crippen LogP contribution is -2.35. The average Bonchev–Trinajstić information content (AvgIpc) is 3.32. The molecule has 0 bridgehead atoms. The molecule has 7 nitrogen and oxygen atoms in total. The summed E-state index contributed by atoms with van der Waals surface area (Å²) in [5.74, 6) is 1.04. The molecular formula is C27H25N3O4S. The second-order valence-electron chi connectivity index (χ2n) is 8.22. The van der Waals surface area contributed by atoms with Gasteiger partial charge in [-0.25, -0.2) is 4.98 Å². The first-order chi connectivity index (χ1) is 17.0. The van der Waals surface area contributed by atoms with Crippen molar-refractivity contribution < 1.29 is 14.3 Å². The maximum atomic E-state index is 13.6. The van der Waals surface area contributed by atoms with Gasteiger partial charge in [-0.15, -0.1) is 0 Å². The molecule has 35 heavy (non-hydrogen) atoms. The number of rotatable bonds is 6. The van der Waals surface area contributed by atoms with Gasteiger partial charge in [-0.2, -0.15) is 0 Å². The molecule has 1 atom stereocenters. The van der Waals surface area contributed by atoms with Crippen LogP contribution in [0.2, 0.25) is 0 Å². The van der Waals surface area contributed by atoms with Crippen LogP contribution in [0.15, 0.2) is 76.7 Å². The fourth-order valence-electron chi connectivity index (χ4n) is 4.38. The number of aromatic nitrogens is 2. The molecule has 1 aromatic heterocycles. The Labute approximate surface area is 207 Å². The van der Waals surface area contributed by atoms with Gasteiger partial charge < -0.3 is 14.4 Å². The van der Waals surface area contributed by atoms with E-state index in [1.807, 2.05) is 48.2 Å². The Morgan fingerprint density at radius 1 is 1.00 bits per heavy atom. The lowest BCUT2D eigenvalue weighted by molar-refractivity contribution is -0.117. The zero-order valence-corrected chi connectivity index (χ0v) is 20.5. The van der Waals surface area contributed by atoms with E-state index in [9.17, 15) is 9.59 Å². The standard InChI is InChI=1S/C27H25N3O4S/c1-17(25(31)29-15-14-18-8-4-7-11-22(18)29)35-27-28-21-10-6-5-9-20(21)26(32)30(27)19-12-13-23(33-2)24(16-19)34-3/h4-13,16-17H,14-15H2,1-3H3/t17-/m0/s1. The summed E-state index contributed by atoms with van der Waals surface area (Å²) in [4.78, 5) is 33.7. The molecule has 0 saturated carbocycles. The normalized spacial score (nSPS) is 13.5. The molecule has 0 saturated heterocycles. The van der Waals surface area contributed by atoms with Crippen LogP contribution in [0.5, 0.6) is 11.5 Å². The Balaban J connectivity index is 1.57. The molecule has 0 radical (unpaired) electrons. The Bertz CT molecular complexity index is 1480. The number of benzene rings is 3. The summed E-state index contributed by atoms with van der Waals surface area (Å²) in [6, 6.07) is 20.5. The number of hydrogen-bond donors (Lipinski definition) is 0. The third-order valence-electron chi connectivity index (χ3n) is 6.15. The van der Waals surface area contributed by atoms with Gasteiger partial charge in [-0.3, -0.25) is 14.2 Å². The van der Waals surface area contributed by atoms with Gasteiger partial charge in [-0.05, 0) is 49.2 Å². The summed E-state index contributed by atoms with van der Waals surface area (Å²) in [7, 11) is 3.11. The van der Waals surface area contributed by atoms with E-state index in [0.29, 0.717) is 39.8 Å². The van der Waals surface area contributed by atoms with Crippen molar-refractivity contribution in [1.82, 2.24) is 9.55 Å². The number of carbonyl (C=O) groups is 1. The van der Waals surface area contributed by atoms with Crippen LogP contribution in [-0.2, 0) is 11.2 Å². The number of para-hydroxylation sites is 2. The molecule has 178 valence electrons. The first kappa shape index (κ1) is 23.0. The van der Waals surface area contributed by atoms with Gasteiger partial charge in [0.25, 0.3) is 5.56 Å². The van der Waals surface area contributed by atoms with Crippen molar-refractivity contribution in [3.8, 4) is 17.2 Å². The third-order valence-corrected chi connectivity index (χ3v) is 7.19. The molecule has 0 spiro atoms. The Morgan fingerprint density at radius 3 is 2.54 bits per heavy atom. The second kappa shape index (κ2) is 9.46. The van der Waals surface area contributed by atoms with Crippen LogP contribution in [0.25, 0.3) is 16.6 Å². The van der Waals surface area contributed by atoms with Crippen molar-refractivity contribution >= 4 is 34.3 Å². The highest BCUT2D eigenvalue weighted by Crippen LogP contribution is 2.34. The summed E-state index contributed by atoms with van der Waals surface area (Å²) in [6.07, 6.45) is 0.837. The minimum atomic E-state index is -0.458.